The first-order chi connectivity index (χ1) is 18.1. The Kier molecular flexibility index (Phi) is 7.77. The van der Waals surface area contributed by atoms with E-state index in [0.29, 0.717) is 0 Å². The van der Waals surface area contributed by atoms with E-state index in [0.717, 1.165) is 16.1 Å². The summed E-state index contributed by atoms with van der Waals surface area (Å²) in [4.78, 5) is 13.3. The van der Waals surface area contributed by atoms with Crippen LogP contribution in [0, 0.1) is 17.1 Å². The van der Waals surface area contributed by atoms with Gasteiger partial charge in [0.15, 0.2) is 5.69 Å². The molecule has 0 aliphatic rings. The van der Waals surface area contributed by atoms with Crippen LogP contribution in [0.25, 0.3) is 10.9 Å². The molecule has 0 spiro atoms. The van der Waals surface area contributed by atoms with Crippen molar-refractivity contribution >= 4 is 56.5 Å². The van der Waals surface area contributed by atoms with Gasteiger partial charge >= 0.3 is 5.97 Å². The second kappa shape index (κ2) is 10.7. The monoisotopic (exact) mass is 574 g/mol. The zero-order valence-electron chi connectivity index (χ0n) is 20.2. The molecule has 196 valence electrons. The quantitative estimate of drug-likeness (QED) is 0.215. The Hall–Kier alpha value is -3.48. The minimum atomic E-state index is -4.46. The van der Waals surface area contributed by atoms with E-state index in [1.165, 1.54) is 62.4 Å². The summed E-state index contributed by atoms with van der Waals surface area (Å²) in [6.45, 7) is 2.79. The number of fused-ring (bicyclic) bond motifs is 1. The number of hydrogen-bond acceptors (Lipinski definition) is 7. The predicted molar refractivity (Wildman–Crippen MR) is 142 cm³/mol. The van der Waals surface area contributed by atoms with Crippen molar-refractivity contribution in [2.24, 2.45) is 0 Å². The molecule has 3 aromatic carbocycles. The SMILES string of the molecule is CCOC(=O)c1c(P(=O)(OCC)c2cc(F)cc(C#N)c2)c2cc(Cl)ccc2n1S(=O)(=O)c1ccccc1. The van der Waals surface area contributed by atoms with Crippen molar-refractivity contribution in [2.75, 3.05) is 13.2 Å². The summed E-state index contributed by atoms with van der Waals surface area (Å²) in [6.07, 6.45) is 0. The topological polar surface area (TPSA) is 115 Å². The first-order valence-corrected chi connectivity index (χ1v) is 14.8. The third kappa shape index (κ3) is 4.74. The molecular formula is C26H21ClFN2O6PS. The van der Waals surface area contributed by atoms with Gasteiger partial charge in [-0.15, -0.1) is 0 Å². The molecule has 0 radical (unpaired) electrons. The maximum absolute atomic E-state index is 14.8. The van der Waals surface area contributed by atoms with Gasteiger partial charge in [0, 0.05) is 15.7 Å². The van der Waals surface area contributed by atoms with Crippen LogP contribution in [-0.4, -0.2) is 31.6 Å². The Bertz CT molecular complexity index is 1750. The van der Waals surface area contributed by atoms with Crippen LogP contribution >= 0.6 is 19.0 Å². The van der Waals surface area contributed by atoms with E-state index < -0.39 is 34.9 Å². The lowest BCUT2D eigenvalue weighted by molar-refractivity contribution is 0.0520. The molecule has 0 fully saturated rings. The Balaban J connectivity index is 2.24. The molecule has 4 aromatic rings. The molecular weight excluding hydrogens is 554 g/mol. The summed E-state index contributed by atoms with van der Waals surface area (Å²) in [7, 11) is -8.91. The molecule has 1 atom stereocenters. The van der Waals surface area contributed by atoms with Crippen molar-refractivity contribution in [3.8, 4) is 6.07 Å². The summed E-state index contributed by atoms with van der Waals surface area (Å²) < 4.78 is 68.9. The minimum Gasteiger partial charge on any atom is -0.461 e. The van der Waals surface area contributed by atoms with Gasteiger partial charge in [-0.3, -0.25) is 4.57 Å². The zero-order valence-corrected chi connectivity index (χ0v) is 22.7. The lowest BCUT2D eigenvalue weighted by Crippen LogP contribution is -2.28. The molecule has 8 nitrogen and oxygen atoms in total. The molecule has 0 aliphatic carbocycles. The molecule has 0 bridgehead atoms. The lowest BCUT2D eigenvalue weighted by Gasteiger charge is -2.20. The second-order valence-corrected chi connectivity index (χ2v) is 12.5. The first kappa shape index (κ1) is 27.6. The molecule has 1 heterocycles. The standard InChI is InChI=1S/C26H21ClFN2O6PS/c1-3-35-26(31)24-25(37(32,36-4-2)20-13-17(16-29)12-19(28)15-20)22-14-18(27)10-11-23(22)30(24)38(33,34)21-8-6-5-7-9-21/h5-15H,3-4H2,1-2H3. The fourth-order valence-corrected chi connectivity index (χ4v) is 8.35. The highest BCUT2D eigenvalue weighted by Gasteiger charge is 2.42. The van der Waals surface area contributed by atoms with Crippen molar-refractivity contribution in [1.29, 1.82) is 5.26 Å². The molecule has 1 aromatic heterocycles. The van der Waals surface area contributed by atoms with Gasteiger partial charge in [0.2, 0.25) is 0 Å². The molecule has 0 amide bonds. The highest BCUT2D eigenvalue weighted by molar-refractivity contribution is 7.90. The van der Waals surface area contributed by atoms with Crippen molar-refractivity contribution in [2.45, 2.75) is 18.7 Å². The summed E-state index contributed by atoms with van der Waals surface area (Å²) in [6, 6.07) is 16.3. The number of esters is 1. The number of benzene rings is 3. The normalized spacial score (nSPS) is 13.1. The number of carbonyl (C=O) groups excluding carboxylic acids is 1. The minimum absolute atomic E-state index is 0.0202. The van der Waals surface area contributed by atoms with Gasteiger partial charge in [-0.2, -0.15) is 5.26 Å². The molecule has 38 heavy (non-hydrogen) atoms. The maximum atomic E-state index is 14.8. The number of nitrogens with zero attached hydrogens (tertiary/aromatic N) is 2. The average Bonchev–Trinajstić information content (AvgIpc) is 3.24. The molecule has 0 aliphatic heterocycles. The van der Waals surface area contributed by atoms with Crippen molar-refractivity contribution in [3.05, 3.63) is 88.8 Å². The lowest BCUT2D eigenvalue weighted by atomic mass is 10.2. The van der Waals surface area contributed by atoms with Crippen molar-refractivity contribution in [3.63, 3.8) is 0 Å². The Labute approximate surface area is 223 Å². The van der Waals surface area contributed by atoms with E-state index in [9.17, 15) is 27.4 Å². The first-order valence-electron chi connectivity index (χ1n) is 11.4. The molecule has 0 saturated carbocycles. The van der Waals surface area contributed by atoms with Gasteiger partial charge in [-0.1, -0.05) is 29.8 Å². The highest BCUT2D eigenvalue weighted by Crippen LogP contribution is 2.49. The number of aromatic nitrogens is 1. The fraction of sp³-hybridized carbons (Fsp3) is 0.154. The van der Waals surface area contributed by atoms with Gasteiger partial charge in [-0.25, -0.2) is 21.6 Å². The van der Waals surface area contributed by atoms with Crippen LogP contribution in [0.2, 0.25) is 5.02 Å². The van der Waals surface area contributed by atoms with Crippen LogP contribution in [-0.2, 0) is 23.8 Å². The van der Waals surface area contributed by atoms with Gasteiger partial charge in [0.25, 0.3) is 17.4 Å². The average molecular weight is 575 g/mol. The number of nitriles is 1. The van der Waals surface area contributed by atoms with Crippen LogP contribution in [0.4, 0.5) is 4.39 Å². The molecule has 0 saturated heterocycles. The Morgan fingerprint density at radius 1 is 1.08 bits per heavy atom. The van der Waals surface area contributed by atoms with Gasteiger partial charge in [0.1, 0.15) is 5.82 Å². The number of hydrogen-bond donors (Lipinski definition) is 0. The fourth-order valence-electron chi connectivity index (χ4n) is 4.10. The van der Waals surface area contributed by atoms with Crippen LogP contribution in [0.1, 0.15) is 29.9 Å². The smallest absolute Gasteiger partial charge is 0.356 e. The zero-order chi connectivity index (χ0) is 27.7. The van der Waals surface area contributed by atoms with Gasteiger partial charge in [-0.05, 0) is 62.4 Å². The number of ether oxygens (including phenoxy) is 1. The van der Waals surface area contributed by atoms with E-state index in [2.05, 4.69) is 0 Å². The van der Waals surface area contributed by atoms with Crippen LogP contribution in [0.3, 0.4) is 0 Å². The van der Waals surface area contributed by atoms with Crippen LogP contribution in [0.5, 0.6) is 0 Å². The Morgan fingerprint density at radius 3 is 2.42 bits per heavy atom. The van der Waals surface area contributed by atoms with Crippen molar-refractivity contribution < 1.29 is 31.4 Å². The number of carbonyl (C=O) groups is 1. The number of rotatable bonds is 8. The van der Waals surface area contributed by atoms with E-state index in [1.54, 1.807) is 12.1 Å². The highest BCUT2D eigenvalue weighted by atomic mass is 35.5. The van der Waals surface area contributed by atoms with Gasteiger partial charge in [0.05, 0.1) is 40.6 Å². The molecule has 0 N–H and O–H groups in total. The molecule has 4 rings (SSSR count). The van der Waals surface area contributed by atoms with Gasteiger partial charge < -0.3 is 9.26 Å². The summed E-state index contributed by atoms with van der Waals surface area (Å²) in [5.74, 6) is -1.96. The molecule has 12 heteroatoms. The van der Waals surface area contributed by atoms with Crippen LogP contribution in [0.15, 0.2) is 71.6 Å². The van der Waals surface area contributed by atoms with Crippen LogP contribution < -0.4 is 10.6 Å². The third-order valence-corrected chi connectivity index (χ3v) is 10.1. The summed E-state index contributed by atoms with van der Waals surface area (Å²) in [5, 5.41) is 9.00. The van der Waals surface area contributed by atoms with E-state index in [-0.39, 0.29) is 50.2 Å². The van der Waals surface area contributed by atoms with E-state index in [1.807, 2.05) is 0 Å². The summed E-state index contributed by atoms with van der Waals surface area (Å²) in [5.41, 5.74) is -0.739. The largest absolute Gasteiger partial charge is 0.461 e. The van der Waals surface area contributed by atoms with E-state index >= 15 is 0 Å². The summed E-state index contributed by atoms with van der Waals surface area (Å²) >= 11 is 6.26. The Morgan fingerprint density at radius 2 is 1.79 bits per heavy atom. The van der Waals surface area contributed by atoms with E-state index in [4.69, 9.17) is 20.9 Å². The third-order valence-electron chi connectivity index (χ3n) is 5.57. The predicted octanol–water partition coefficient (Wildman–Crippen LogP) is 4.98. The molecule has 1 unspecified atom stereocenters. The second-order valence-electron chi connectivity index (χ2n) is 7.94. The van der Waals surface area contributed by atoms with Crippen molar-refractivity contribution in [1.82, 2.24) is 3.97 Å². The maximum Gasteiger partial charge on any atom is 0.356 e. The number of halogens is 2.